The summed E-state index contributed by atoms with van der Waals surface area (Å²) in [6.45, 7) is 0.403. The molecule has 0 fully saturated rings. The second kappa shape index (κ2) is 8.09. The predicted molar refractivity (Wildman–Crippen MR) is 99.3 cm³/mol. The Labute approximate surface area is 156 Å². The molecule has 0 radical (unpaired) electrons. The molecular formula is C17H14BrN3O3S. The van der Waals surface area contributed by atoms with E-state index in [2.05, 4.69) is 31.4 Å². The number of hydrogen-bond acceptors (Lipinski definition) is 6. The minimum absolute atomic E-state index is 0.283. The van der Waals surface area contributed by atoms with Gasteiger partial charge in [0.15, 0.2) is 11.5 Å². The summed E-state index contributed by atoms with van der Waals surface area (Å²) >= 11 is 4.65. The molecule has 128 valence electrons. The van der Waals surface area contributed by atoms with E-state index in [0.29, 0.717) is 28.8 Å². The van der Waals surface area contributed by atoms with Crippen LogP contribution >= 0.6 is 27.3 Å². The lowest BCUT2D eigenvalue weighted by Crippen LogP contribution is -2.12. The molecule has 1 aromatic heterocycles. The van der Waals surface area contributed by atoms with Crippen molar-refractivity contribution in [3.63, 3.8) is 0 Å². The van der Waals surface area contributed by atoms with Crippen LogP contribution in [0, 0.1) is 0 Å². The molecule has 25 heavy (non-hydrogen) atoms. The van der Waals surface area contributed by atoms with Gasteiger partial charge in [0.05, 0.1) is 7.11 Å². The van der Waals surface area contributed by atoms with Crippen LogP contribution in [0.1, 0.15) is 15.9 Å². The van der Waals surface area contributed by atoms with E-state index in [1.807, 2.05) is 24.3 Å². The van der Waals surface area contributed by atoms with Crippen LogP contribution in [0.4, 0.5) is 5.13 Å². The fraction of sp³-hybridized carbons (Fsp3) is 0.118. The van der Waals surface area contributed by atoms with Gasteiger partial charge in [-0.15, -0.1) is 10.2 Å². The monoisotopic (exact) mass is 419 g/mol. The highest BCUT2D eigenvalue weighted by Gasteiger charge is 2.12. The molecule has 0 aliphatic rings. The maximum absolute atomic E-state index is 12.2. The van der Waals surface area contributed by atoms with Crippen molar-refractivity contribution in [2.75, 3.05) is 12.4 Å². The first-order valence-electron chi connectivity index (χ1n) is 7.28. The van der Waals surface area contributed by atoms with Gasteiger partial charge < -0.3 is 9.47 Å². The normalized spacial score (nSPS) is 10.3. The van der Waals surface area contributed by atoms with E-state index in [1.54, 1.807) is 23.7 Å². The molecule has 0 bridgehead atoms. The number of methoxy groups -OCH3 is 1. The largest absolute Gasteiger partial charge is 0.493 e. The van der Waals surface area contributed by atoms with E-state index >= 15 is 0 Å². The number of amides is 1. The van der Waals surface area contributed by atoms with E-state index in [9.17, 15) is 4.79 Å². The molecule has 6 nitrogen and oxygen atoms in total. The number of anilines is 1. The molecule has 2 aromatic carbocycles. The third kappa shape index (κ3) is 4.55. The van der Waals surface area contributed by atoms with Crippen LogP contribution in [0.15, 0.2) is 52.4 Å². The zero-order valence-electron chi connectivity index (χ0n) is 13.2. The zero-order valence-corrected chi connectivity index (χ0v) is 15.6. The van der Waals surface area contributed by atoms with Crippen LogP contribution in [0.2, 0.25) is 0 Å². The number of carbonyl (C=O) groups is 1. The van der Waals surface area contributed by atoms with Crippen LogP contribution in [0.5, 0.6) is 11.5 Å². The first kappa shape index (κ1) is 17.4. The first-order chi connectivity index (χ1) is 12.2. The summed E-state index contributed by atoms with van der Waals surface area (Å²) in [5.74, 6) is 0.773. The number of rotatable bonds is 6. The fourth-order valence-electron chi connectivity index (χ4n) is 2.07. The molecule has 3 aromatic rings. The van der Waals surface area contributed by atoms with Crippen molar-refractivity contribution in [3.05, 3.63) is 63.6 Å². The summed E-state index contributed by atoms with van der Waals surface area (Å²) in [5, 5.41) is 10.6. The van der Waals surface area contributed by atoms with Gasteiger partial charge in [-0.05, 0) is 35.9 Å². The average molecular weight is 420 g/mol. The summed E-state index contributed by atoms with van der Waals surface area (Å²) in [6.07, 6.45) is 0. The van der Waals surface area contributed by atoms with Gasteiger partial charge in [-0.25, -0.2) is 0 Å². The molecule has 8 heteroatoms. The Bertz CT molecular complexity index is 854. The molecular weight excluding hydrogens is 406 g/mol. The predicted octanol–water partition coefficient (Wildman–Crippen LogP) is 4.14. The number of hydrogen-bond donors (Lipinski definition) is 1. The number of halogens is 1. The minimum Gasteiger partial charge on any atom is -0.493 e. The maximum atomic E-state index is 12.2. The summed E-state index contributed by atoms with van der Waals surface area (Å²) in [6, 6.07) is 12.9. The van der Waals surface area contributed by atoms with Crippen molar-refractivity contribution in [2.45, 2.75) is 6.61 Å². The van der Waals surface area contributed by atoms with E-state index in [-0.39, 0.29) is 5.91 Å². The number of aromatic nitrogens is 2. The lowest BCUT2D eigenvalue weighted by atomic mass is 10.2. The van der Waals surface area contributed by atoms with Crippen LogP contribution in [-0.2, 0) is 6.61 Å². The number of carbonyl (C=O) groups excluding carboxylic acids is 1. The number of ether oxygens (including phenoxy) is 2. The van der Waals surface area contributed by atoms with Gasteiger partial charge in [0.1, 0.15) is 12.1 Å². The highest BCUT2D eigenvalue weighted by atomic mass is 79.9. The molecule has 0 spiro atoms. The van der Waals surface area contributed by atoms with E-state index in [0.717, 1.165) is 10.0 Å². The third-order valence-corrected chi connectivity index (χ3v) is 4.45. The van der Waals surface area contributed by atoms with Crippen molar-refractivity contribution < 1.29 is 14.3 Å². The average Bonchev–Trinajstić information content (AvgIpc) is 3.14. The van der Waals surface area contributed by atoms with Gasteiger partial charge in [0.25, 0.3) is 5.91 Å². The number of nitrogens with one attached hydrogen (secondary N) is 1. The maximum Gasteiger partial charge on any atom is 0.257 e. The summed E-state index contributed by atoms with van der Waals surface area (Å²) in [5.41, 5.74) is 3.03. The highest BCUT2D eigenvalue weighted by Crippen LogP contribution is 2.29. The van der Waals surface area contributed by atoms with E-state index < -0.39 is 0 Å². The number of benzene rings is 2. The van der Waals surface area contributed by atoms with Crippen LogP contribution in [0.25, 0.3) is 0 Å². The first-order valence-corrected chi connectivity index (χ1v) is 8.96. The Kier molecular flexibility index (Phi) is 5.62. The Balaban J connectivity index is 1.70. The van der Waals surface area contributed by atoms with Crippen molar-refractivity contribution in [1.29, 1.82) is 0 Å². The molecule has 0 aliphatic heterocycles. The van der Waals surface area contributed by atoms with Gasteiger partial charge >= 0.3 is 0 Å². The highest BCUT2D eigenvalue weighted by molar-refractivity contribution is 9.10. The standard InChI is InChI=1S/C17H14BrN3O3S/c1-23-15-8-12(16(22)20-17-21-19-10-25-17)4-7-14(15)24-9-11-2-5-13(18)6-3-11/h2-8,10H,9H2,1H3,(H,20,21,22). The third-order valence-electron chi connectivity index (χ3n) is 3.31. The Morgan fingerprint density at radius 1 is 1.20 bits per heavy atom. The lowest BCUT2D eigenvalue weighted by Gasteiger charge is -2.12. The zero-order chi connectivity index (χ0) is 17.6. The quantitative estimate of drug-likeness (QED) is 0.649. The molecule has 0 saturated carbocycles. The molecule has 0 unspecified atom stereocenters. The van der Waals surface area contributed by atoms with Crippen molar-refractivity contribution in [1.82, 2.24) is 10.2 Å². The Morgan fingerprint density at radius 2 is 2.00 bits per heavy atom. The van der Waals surface area contributed by atoms with Crippen LogP contribution in [-0.4, -0.2) is 23.2 Å². The van der Waals surface area contributed by atoms with Gasteiger partial charge in [0.2, 0.25) is 5.13 Å². The van der Waals surface area contributed by atoms with Crippen molar-refractivity contribution in [3.8, 4) is 11.5 Å². The summed E-state index contributed by atoms with van der Waals surface area (Å²) in [7, 11) is 1.54. The van der Waals surface area contributed by atoms with Gasteiger partial charge in [-0.3, -0.25) is 10.1 Å². The van der Waals surface area contributed by atoms with Crippen molar-refractivity contribution >= 4 is 38.3 Å². The SMILES string of the molecule is COc1cc(C(=O)Nc2nncs2)ccc1OCc1ccc(Br)cc1. The molecule has 1 heterocycles. The topological polar surface area (TPSA) is 73.3 Å². The van der Waals surface area contributed by atoms with Crippen LogP contribution < -0.4 is 14.8 Å². The second-order valence-corrected chi connectivity index (χ2v) is 6.73. The van der Waals surface area contributed by atoms with Crippen LogP contribution in [0.3, 0.4) is 0 Å². The molecule has 0 atom stereocenters. The summed E-state index contributed by atoms with van der Waals surface area (Å²) < 4.78 is 12.2. The van der Waals surface area contributed by atoms with Gasteiger partial charge in [0, 0.05) is 10.0 Å². The lowest BCUT2D eigenvalue weighted by molar-refractivity contribution is 0.102. The molecule has 3 rings (SSSR count). The molecule has 1 amide bonds. The fourth-order valence-corrected chi connectivity index (χ4v) is 2.77. The summed E-state index contributed by atoms with van der Waals surface area (Å²) in [4.78, 5) is 12.2. The Hall–Kier alpha value is -2.45. The van der Waals surface area contributed by atoms with Crippen molar-refractivity contribution in [2.24, 2.45) is 0 Å². The minimum atomic E-state index is -0.283. The smallest absolute Gasteiger partial charge is 0.257 e. The van der Waals surface area contributed by atoms with E-state index in [1.165, 1.54) is 18.4 Å². The van der Waals surface area contributed by atoms with Gasteiger partial charge in [-0.2, -0.15) is 0 Å². The van der Waals surface area contributed by atoms with Gasteiger partial charge in [-0.1, -0.05) is 39.4 Å². The number of nitrogens with zero attached hydrogens (tertiary/aromatic N) is 2. The molecule has 1 N–H and O–H groups in total. The Morgan fingerprint density at radius 3 is 2.68 bits per heavy atom. The van der Waals surface area contributed by atoms with E-state index in [4.69, 9.17) is 9.47 Å². The second-order valence-electron chi connectivity index (χ2n) is 4.98. The molecule has 0 aliphatic carbocycles. The molecule has 0 saturated heterocycles.